The summed E-state index contributed by atoms with van der Waals surface area (Å²) in [5, 5.41) is 17.6. The van der Waals surface area contributed by atoms with Crippen LogP contribution < -0.4 is 5.32 Å². The third-order valence-electron chi connectivity index (χ3n) is 4.43. The van der Waals surface area contributed by atoms with Crippen molar-refractivity contribution >= 4 is 11.5 Å². The summed E-state index contributed by atoms with van der Waals surface area (Å²) in [6.45, 7) is 0. The Balaban J connectivity index is 1.63. The second kappa shape index (κ2) is 6.16. The SMILES string of the molecule is OC1CCC(Nc2ccc3ncc(-c4ccnc(F)c4)n3n2)CC1. The molecule has 0 spiro atoms. The highest BCUT2D eigenvalue weighted by atomic mass is 19.1. The van der Waals surface area contributed by atoms with Gasteiger partial charge >= 0.3 is 0 Å². The molecule has 4 rings (SSSR count). The molecule has 0 bridgehead atoms. The van der Waals surface area contributed by atoms with Crippen molar-refractivity contribution in [2.45, 2.75) is 37.8 Å². The number of aromatic nitrogens is 4. The van der Waals surface area contributed by atoms with E-state index < -0.39 is 5.95 Å². The quantitative estimate of drug-likeness (QED) is 0.723. The first-order valence-electron chi connectivity index (χ1n) is 8.10. The Labute approximate surface area is 138 Å². The number of rotatable bonds is 3. The molecule has 0 aliphatic heterocycles. The van der Waals surface area contributed by atoms with Crippen molar-refractivity contribution in [2.75, 3.05) is 5.32 Å². The molecular weight excluding hydrogens is 309 g/mol. The Bertz CT molecular complexity index is 857. The van der Waals surface area contributed by atoms with Gasteiger partial charge in [0.2, 0.25) is 5.95 Å². The molecule has 7 heteroatoms. The molecule has 6 nitrogen and oxygen atoms in total. The minimum atomic E-state index is -0.530. The highest BCUT2D eigenvalue weighted by Crippen LogP contribution is 2.23. The predicted molar refractivity (Wildman–Crippen MR) is 88.1 cm³/mol. The number of nitrogens with zero attached hydrogens (tertiary/aromatic N) is 4. The molecule has 2 N–H and O–H groups in total. The topological polar surface area (TPSA) is 75.3 Å². The van der Waals surface area contributed by atoms with Crippen molar-refractivity contribution in [1.82, 2.24) is 19.6 Å². The van der Waals surface area contributed by atoms with E-state index in [0.717, 1.165) is 31.5 Å². The van der Waals surface area contributed by atoms with Crippen molar-refractivity contribution in [1.29, 1.82) is 0 Å². The fourth-order valence-corrected chi connectivity index (χ4v) is 3.14. The van der Waals surface area contributed by atoms with Gasteiger partial charge in [0.25, 0.3) is 0 Å². The lowest BCUT2D eigenvalue weighted by molar-refractivity contribution is 0.126. The molecule has 1 saturated carbocycles. The van der Waals surface area contributed by atoms with Crippen LogP contribution in [0.5, 0.6) is 0 Å². The molecule has 3 aromatic rings. The van der Waals surface area contributed by atoms with Gasteiger partial charge in [0.05, 0.1) is 18.0 Å². The zero-order chi connectivity index (χ0) is 16.5. The lowest BCUT2D eigenvalue weighted by Crippen LogP contribution is -2.28. The van der Waals surface area contributed by atoms with Gasteiger partial charge in [0.15, 0.2) is 5.65 Å². The zero-order valence-electron chi connectivity index (χ0n) is 13.1. The molecule has 0 saturated heterocycles. The third-order valence-corrected chi connectivity index (χ3v) is 4.43. The summed E-state index contributed by atoms with van der Waals surface area (Å²) < 4.78 is 15.1. The average Bonchev–Trinajstić information content (AvgIpc) is 3.00. The highest BCUT2D eigenvalue weighted by molar-refractivity contribution is 5.63. The van der Waals surface area contributed by atoms with Gasteiger partial charge in [-0.1, -0.05) is 0 Å². The van der Waals surface area contributed by atoms with Crippen molar-refractivity contribution in [2.24, 2.45) is 0 Å². The van der Waals surface area contributed by atoms with E-state index in [0.29, 0.717) is 22.9 Å². The first-order chi connectivity index (χ1) is 11.7. The van der Waals surface area contributed by atoms with E-state index in [1.54, 1.807) is 16.8 Å². The summed E-state index contributed by atoms with van der Waals surface area (Å²) in [5.41, 5.74) is 2.10. The molecule has 0 unspecified atom stereocenters. The molecule has 1 aliphatic carbocycles. The van der Waals surface area contributed by atoms with Crippen LogP contribution in [0.3, 0.4) is 0 Å². The third kappa shape index (κ3) is 2.94. The van der Waals surface area contributed by atoms with Crippen LogP contribution >= 0.6 is 0 Å². The number of fused-ring (bicyclic) bond motifs is 1. The van der Waals surface area contributed by atoms with Gasteiger partial charge in [-0.15, -0.1) is 5.10 Å². The number of hydrogen-bond acceptors (Lipinski definition) is 5. The van der Waals surface area contributed by atoms with Gasteiger partial charge in [-0.05, 0) is 43.9 Å². The van der Waals surface area contributed by atoms with E-state index in [9.17, 15) is 9.50 Å². The number of imidazole rings is 1. The number of hydrogen-bond donors (Lipinski definition) is 2. The Morgan fingerprint density at radius 2 is 1.96 bits per heavy atom. The van der Waals surface area contributed by atoms with E-state index in [1.807, 2.05) is 12.1 Å². The largest absolute Gasteiger partial charge is 0.393 e. The molecule has 3 heterocycles. The lowest BCUT2D eigenvalue weighted by Gasteiger charge is -2.26. The second-order valence-electron chi connectivity index (χ2n) is 6.15. The van der Waals surface area contributed by atoms with Crippen molar-refractivity contribution < 1.29 is 9.50 Å². The molecule has 3 aromatic heterocycles. The number of aliphatic hydroxyl groups is 1. The maximum atomic E-state index is 13.4. The van der Waals surface area contributed by atoms with Gasteiger partial charge in [0, 0.05) is 23.9 Å². The number of aliphatic hydroxyl groups excluding tert-OH is 1. The fraction of sp³-hybridized carbons (Fsp3) is 0.353. The van der Waals surface area contributed by atoms with Crippen molar-refractivity contribution in [3.63, 3.8) is 0 Å². The van der Waals surface area contributed by atoms with Crippen LogP contribution in [0.15, 0.2) is 36.7 Å². The predicted octanol–water partition coefficient (Wildman–Crippen LogP) is 2.65. The van der Waals surface area contributed by atoms with Crippen LogP contribution in [0.4, 0.5) is 10.2 Å². The van der Waals surface area contributed by atoms with E-state index in [2.05, 4.69) is 20.4 Å². The summed E-state index contributed by atoms with van der Waals surface area (Å²) in [4.78, 5) is 7.90. The van der Waals surface area contributed by atoms with Crippen LogP contribution in [0.1, 0.15) is 25.7 Å². The first kappa shape index (κ1) is 15.0. The highest BCUT2D eigenvalue weighted by Gasteiger charge is 2.19. The number of anilines is 1. The summed E-state index contributed by atoms with van der Waals surface area (Å²) in [6, 6.07) is 7.19. The van der Waals surface area contributed by atoms with E-state index in [1.165, 1.54) is 12.3 Å². The second-order valence-corrected chi connectivity index (χ2v) is 6.15. The van der Waals surface area contributed by atoms with E-state index in [-0.39, 0.29) is 6.10 Å². The number of halogens is 1. The summed E-state index contributed by atoms with van der Waals surface area (Å²) in [7, 11) is 0. The van der Waals surface area contributed by atoms with E-state index in [4.69, 9.17) is 0 Å². The molecule has 124 valence electrons. The monoisotopic (exact) mass is 327 g/mol. The molecule has 1 aliphatic rings. The van der Waals surface area contributed by atoms with Gasteiger partial charge < -0.3 is 10.4 Å². The normalized spacial score (nSPS) is 21.1. The standard InChI is InChI=1S/C17H18FN5O/c18-15-9-11(7-8-19-15)14-10-20-17-6-5-16(22-23(14)17)21-12-1-3-13(24)4-2-12/h5-10,12-13,24H,1-4H2,(H,21,22). The van der Waals surface area contributed by atoms with Crippen molar-refractivity contribution in [3.05, 3.63) is 42.6 Å². The zero-order valence-corrected chi connectivity index (χ0v) is 13.1. The van der Waals surface area contributed by atoms with Crippen LogP contribution in [-0.4, -0.2) is 36.8 Å². The Kier molecular flexibility index (Phi) is 3.86. The van der Waals surface area contributed by atoms with Gasteiger partial charge in [-0.25, -0.2) is 14.5 Å². The van der Waals surface area contributed by atoms with E-state index >= 15 is 0 Å². The van der Waals surface area contributed by atoms with Gasteiger partial charge in [-0.2, -0.15) is 4.39 Å². The Morgan fingerprint density at radius 1 is 1.12 bits per heavy atom. The Hall–Kier alpha value is -2.54. The van der Waals surface area contributed by atoms with Crippen LogP contribution in [0, 0.1) is 5.95 Å². The smallest absolute Gasteiger partial charge is 0.213 e. The maximum Gasteiger partial charge on any atom is 0.213 e. The fourth-order valence-electron chi connectivity index (χ4n) is 3.14. The molecule has 24 heavy (non-hydrogen) atoms. The molecule has 1 fully saturated rings. The van der Waals surface area contributed by atoms with Crippen molar-refractivity contribution in [3.8, 4) is 11.3 Å². The lowest BCUT2D eigenvalue weighted by atomic mass is 9.93. The Morgan fingerprint density at radius 3 is 2.75 bits per heavy atom. The molecule has 0 atom stereocenters. The summed E-state index contributed by atoms with van der Waals surface area (Å²) in [5.74, 6) is 0.218. The molecule has 0 aromatic carbocycles. The number of pyridine rings is 1. The number of nitrogens with one attached hydrogen (secondary N) is 1. The summed E-state index contributed by atoms with van der Waals surface area (Å²) >= 11 is 0. The summed E-state index contributed by atoms with van der Waals surface area (Å²) in [6.07, 6.45) is 6.40. The molecular formula is C17H18FN5O. The minimum Gasteiger partial charge on any atom is -0.393 e. The minimum absolute atomic E-state index is 0.180. The maximum absolute atomic E-state index is 13.4. The molecule has 0 radical (unpaired) electrons. The molecule has 0 amide bonds. The average molecular weight is 327 g/mol. The van der Waals surface area contributed by atoms with Crippen LogP contribution in [0.2, 0.25) is 0 Å². The van der Waals surface area contributed by atoms with Crippen LogP contribution in [-0.2, 0) is 0 Å². The van der Waals surface area contributed by atoms with Gasteiger partial charge in [-0.3, -0.25) is 0 Å². The first-order valence-corrected chi connectivity index (χ1v) is 8.10. The van der Waals surface area contributed by atoms with Crippen LogP contribution in [0.25, 0.3) is 16.9 Å². The van der Waals surface area contributed by atoms with Gasteiger partial charge in [0.1, 0.15) is 5.82 Å².